The molecular weight excluding hydrogens is 292 g/mol. The lowest BCUT2D eigenvalue weighted by Gasteiger charge is -2.11. The molecule has 1 atom stereocenters. The van der Waals surface area contributed by atoms with Gasteiger partial charge in [0.15, 0.2) is 0 Å². The topological polar surface area (TPSA) is 9.23 Å². The van der Waals surface area contributed by atoms with Gasteiger partial charge in [0.2, 0.25) is 0 Å². The van der Waals surface area contributed by atoms with Crippen molar-refractivity contribution in [3.05, 3.63) is 54.6 Å². The summed E-state index contributed by atoms with van der Waals surface area (Å²) in [6.45, 7) is 6.29. The Kier molecular flexibility index (Phi) is 11.9. The number of allylic oxidation sites excluding steroid dienone is 3. The highest BCUT2D eigenvalue weighted by atomic mass is 16.5. The lowest BCUT2D eigenvalue weighted by molar-refractivity contribution is 0.410. The normalized spacial score (nSPS) is 12.4. The zero-order chi connectivity index (χ0) is 17.5. The van der Waals surface area contributed by atoms with Crippen molar-refractivity contribution in [3.8, 4) is 5.75 Å². The standard InChI is InChI=1S/C23H36O/c1-4-6-7-8-9-11-16-21(5-2)17-12-10-13-18-22-19-14-15-20-23(22)24-3/h5,10,13-15,19-21H,2,4,6-9,11-12,16-18H2,1,3H3/b13-10+. The highest BCUT2D eigenvalue weighted by Gasteiger charge is 2.03. The lowest BCUT2D eigenvalue weighted by Crippen LogP contribution is -1.96. The van der Waals surface area contributed by atoms with Gasteiger partial charge in [-0.2, -0.15) is 0 Å². The summed E-state index contributed by atoms with van der Waals surface area (Å²) in [5.74, 6) is 1.65. The fraction of sp³-hybridized carbons (Fsp3) is 0.565. The van der Waals surface area contributed by atoms with Gasteiger partial charge >= 0.3 is 0 Å². The van der Waals surface area contributed by atoms with Gasteiger partial charge in [-0.1, -0.05) is 81.9 Å². The molecule has 1 rings (SSSR count). The first-order valence-corrected chi connectivity index (χ1v) is 9.71. The van der Waals surface area contributed by atoms with Crippen molar-refractivity contribution >= 4 is 0 Å². The van der Waals surface area contributed by atoms with E-state index in [2.05, 4.69) is 43.9 Å². The first-order chi connectivity index (χ1) is 11.8. The molecule has 0 aliphatic carbocycles. The third kappa shape index (κ3) is 8.96. The average Bonchev–Trinajstić information content (AvgIpc) is 2.62. The average molecular weight is 329 g/mol. The van der Waals surface area contributed by atoms with Crippen molar-refractivity contribution in [1.82, 2.24) is 0 Å². The van der Waals surface area contributed by atoms with E-state index in [4.69, 9.17) is 4.74 Å². The SMILES string of the molecule is C=CC(CC/C=C/Cc1ccccc1OC)CCCCCCCC. The highest BCUT2D eigenvalue weighted by Crippen LogP contribution is 2.20. The smallest absolute Gasteiger partial charge is 0.122 e. The molecule has 0 aromatic heterocycles. The Bertz CT molecular complexity index is 461. The van der Waals surface area contributed by atoms with Crippen molar-refractivity contribution in [2.45, 2.75) is 71.1 Å². The Hall–Kier alpha value is -1.50. The zero-order valence-electron chi connectivity index (χ0n) is 15.8. The maximum absolute atomic E-state index is 5.39. The van der Waals surface area contributed by atoms with Crippen LogP contribution in [0.2, 0.25) is 0 Å². The molecule has 0 radical (unpaired) electrons. The molecule has 0 bridgehead atoms. The molecule has 1 nitrogen and oxygen atoms in total. The van der Waals surface area contributed by atoms with Crippen molar-refractivity contribution in [2.24, 2.45) is 5.92 Å². The molecule has 0 saturated carbocycles. The van der Waals surface area contributed by atoms with Gasteiger partial charge in [0, 0.05) is 0 Å². The molecule has 1 aromatic carbocycles. The Labute approximate surface area is 149 Å². The van der Waals surface area contributed by atoms with E-state index in [0.29, 0.717) is 5.92 Å². The quantitative estimate of drug-likeness (QED) is 0.261. The molecule has 0 spiro atoms. The van der Waals surface area contributed by atoms with Gasteiger partial charge in [-0.05, 0) is 43.2 Å². The van der Waals surface area contributed by atoms with Gasteiger partial charge in [-0.3, -0.25) is 0 Å². The van der Waals surface area contributed by atoms with Gasteiger partial charge in [0.05, 0.1) is 7.11 Å². The summed E-state index contributed by atoms with van der Waals surface area (Å²) < 4.78 is 5.39. The van der Waals surface area contributed by atoms with Crippen LogP contribution in [0.4, 0.5) is 0 Å². The van der Waals surface area contributed by atoms with Crippen LogP contribution in [-0.4, -0.2) is 7.11 Å². The van der Waals surface area contributed by atoms with E-state index >= 15 is 0 Å². The van der Waals surface area contributed by atoms with E-state index in [-0.39, 0.29) is 0 Å². The zero-order valence-corrected chi connectivity index (χ0v) is 15.8. The Morgan fingerprint density at radius 2 is 1.75 bits per heavy atom. The second-order valence-electron chi connectivity index (χ2n) is 6.62. The van der Waals surface area contributed by atoms with E-state index in [1.165, 1.54) is 56.9 Å². The number of unbranched alkanes of at least 4 members (excludes halogenated alkanes) is 5. The van der Waals surface area contributed by atoms with Gasteiger partial charge in [-0.25, -0.2) is 0 Å². The van der Waals surface area contributed by atoms with Crippen molar-refractivity contribution in [3.63, 3.8) is 0 Å². The van der Waals surface area contributed by atoms with E-state index in [9.17, 15) is 0 Å². The van der Waals surface area contributed by atoms with E-state index in [1.807, 2.05) is 12.1 Å². The molecule has 1 heteroatoms. The number of hydrogen-bond acceptors (Lipinski definition) is 1. The third-order valence-electron chi connectivity index (χ3n) is 4.66. The summed E-state index contributed by atoms with van der Waals surface area (Å²) in [6, 6.07) is 8.24. The van der Waals surface area contributed by atoms with Gasteiger partial charge < -0.3 is 4.74 Å². The number of para-hydroxylation sites is 1. The molecule has 0 fully saturated rings. The van der Waals surface area contributed by atoms with E-state index in [1.54, 1.807) is 7.11 Å². The van der Waals surface area contributed by atoms with Crippen LogP contribution in [0.3, 0.4) is 0 Å². The van der Waals surface area contributed by atoms with Crippen molar-refractivity contribution in [2.75, 3.05) is 7.11 Å². The number of rotatable bonds is 14. The van der Waals surface area contributed by atoms with Crippen LogP contribution in [0.15, 0.2) is 49.1 Å². The second kappa shape index (κ2) is 13.9. The van der Waals surface area contributed by atoms with Gasteiger partial charge in [0.1, 0.15) is 5.75 Å². The second-order valence-corrected chi connectivity index (χ2v) is 6.62. The van der Waals surface area contributed by atoms with Crippen LogP contribution in [0, 0.1) is 5.92 Å². The Morgan fingerprint density at radius 1 is 1.00 bits per heavy atom. The molecule has 0 aliphatic rings. The molecule has 134 valence electrons. The molecule has 0 N–H and O–H groups in total. The van der Waals surface area contributed by atoms with Crippen LogP contribution >= 0.6 is 0 Å². The van der Waals surface area contributed by atoms with E-state index < -0.39 is 0 Å². The van der Waals surface area contributed by atoms with Gasteiger partial charge in [0.25, 0.3) is 0 Å². The van der Waals surface area contributed by atoms with Crippen LogP contribution in [0.5, 0.6) is 5.75 Å². The molecule has 0 aliphatic heterocycles. The monoisotopic (exact) mass is 328 g/mol. The Morgan fingerprint density at radius 3 is 2.50 bits per heavy atom. The molecule has 0 heterocycles. The summed E-state index contributed by atoms with van der Waals surface area (Å²) >= 11 is 0. The molecular formula is C23H36O. The fourth-order valence-electron chi connectivity index (χ4n) is 3.08. The number of methoxy groups -OCH3 is 1. The number of ether oxygens (including phenoxy) is 1. The van der Waals surface area contributed by atoms with Crippen LogP contribution in [0.1, 0.15) is 70.3 Å². The maximum Gasteiger partial charge on any atom is 0.122 e. The minimum Gasteiger partial charge on any atom is -0.496 e. The van der Waals surface area contributed by atoms with Gasteiger partial charge in [-0.15, -0.1) is 6.58 Å². The summed E-state index contributed by atoms with van der Waals surface area (Å²) in [7, 11) is 1.74. The Balaban J connectivity index is 2.18. The highest BCUT2D eigenvalue weighted by molar-refractivity contribution is 5.34. The summed E-state index contributed by atoms with van der Waals surface area (Å²) in [5.41, 5.74) is 1.25. The minimum absolute atomic E-state index is 0.673. The minimum atomic E-state index is 0.673. The summed E-state index contributed by atoms with van der Waals surface area (Å²) in [5, 5.41) is 0. The van der Waals surface area contributed by atoms with Crippen LogP contribution in [-0.2, 0) is 6.42 Å². The summed E-state index contributed by atoms with van der Waals surface area (Å²) in [4.78, 5) is 0. The van der Waals surface area contributed by atoms with E-state index in [0.717, 1.165) is 18.6 Å². The fourth-order valence-corrected chi connectivity index (χ4v) is 3.08. The lowest BCUT2D eigenvalue weighted by atomic mass is 9.95. The largest absolute Gasteiger partial charge is 0.496 e. The first kappa shape index (κ1) is 20.5. The van der Waals surface area contributed by atoms with Crippen LogP contribution in [0.25, 0.3) is 0 Å². The molecule has 24 heavy (non-hydrogen) atoms. The van der Waals surface area contributed by atoms with Crippen molar-refractivity contribution in [1.29, 1.82) is 0 Å². The molecule has 0 saturated heterocycles. The number of benzene rings is 1. The molecule has 1 unspecified atom stereocenters. The summed E-state index contributed by atoms with van der Waals surface area (Å²) in [6.07, 6.45) is 19.6. The van der Waals surface area contributed by atoms with Crippen molar-refractivity contribution < 1.29 is 4.74 Å². The van der Waals surface area contributed by atoms with Crippen LogP contribution < -0.4 is 4.74 Å². The predicted octanol–water partition coefficient (Wildman–Crippen LogP) is 7.13. The maximum atomic E-state index is 5.39. The number of hydrogen-bond donors (Lipinski definition) is 0. The third-order valence-corrected chi connectivity index (χ3v) is 4.66. The molecule has 1 aromatic rings. The predicted molar refractivity (Wildman–Crippen MR) is 107 cm³/mol. The first-order valence-electron chi connectivity index (χ1n) is 9.71. The molecule has 0 amide bonds.